The monoisotopic (exact) mass is 316 g/mol. The van der Waals surface area contributed by atoms with Crippen LogP contribution in [0, 0.1) is 12.7 Å². The largest absolute Gasteiger partial charge is 0.332 e. The molecule has 4 heteroatoms. The first-order chi connectivity index (χ1) is 10.6. The molecule has 2 nitrogen and oxygen atoms in total. The first-order valence-corrected chi connectivity index (χ1v) is 7.92. The van der Waals surface area contributed by atoms with E-state index in [1.165, 1.54) is 30.5 Å². The summed E-state index contributed by atoms with van der Waals surface area (Å²) in [4.78, 5) is 0. The molecule has 0 bridgehead atoms. The molecular formula is C18H21FN2S. The first-order valence-electron chi connectivity index (χ1n) is 7.51. The van der Waals surface area contributed by atoms with Crippen LogP contribution in [0.15, 0.2) is 42.5 Å². The molecule has 116 valence electrons. The Morgan fingerprint density at radius 2 is 1.82 bits per heavy atom. The second-order valence-electron chi connectivity index (χ2n) is 5.34. The Labute approximate surface area is 136 Å². The highest BCUT2D eigenvalue weighted by molar-refractivity contribution is 7.80. The van der Waals surface area contributed by atoms with Crippen LogP contribution in [-0.2, 0) is 6.42 Å². The van der Waals surface area contributed by atoms with Gasteiger partial charge in [-0.05, 0) is 73.4 Å². The fourth-order valence-corrected chi connectivity index (χ4v) is 2.42. The topological polar surface area (TPSA) is 24.1 Å². The van der Waals surface area contributed by atoms with Crippen molar-refractivity contribution in [3.8, 4) is 0 Å². The van der Waals surface area contributed by atoms with E-state index >= 15 is 0 Å². The van der Waals surface area contributed by atoms with Gasteiger partial charge in [0.2, 0.25) is 0 Å². The molecule has 0 aliphatic carbocycles. The zero-order valence-electron chi connectivity index (χ0n) is 12.9. The fourth-order valence-electron chi connectivity index (χ4n) is 2.19. The van der Waals surface area contributed by atoms with E-state index in [0.29, 0.717) is 5.11 Å². The number of unbranched alkanes of at least 4 members (excludes halogenated alkanes) is 1. The van der Waals surface area contributed by atoms with E-state index in [1.54, 1.807) is 6.07 Å². The molecule has 0 saturated carbocycles. The number of anilines is 2. The molecule has 2 N–H and O–H groups in total. The van der Waals surface area contributed by atoms with Gasteiger partial charge in [-0.25, -0.2) is 4.39 Å². The normalized spacial score (nSPS) is 10.3. The zero-order chi connectivity index (χ0) is 15.9. The maximum atomic E-state index is 13.1. The molecule has 0 unspecified atom stereocenters. The Morgan fingerprint density at radius 1 is 1.09 bits per heavy atom. The molecule has 0 aromatic heterocycles. The van der Waals surface area contributed by atoms with Gasteiger partial charge in [0.05, 0.1) is 0 Å². The maximum absolute atomic E-state index is 13.1. The Morgan fingerprint density at radius 3 is 2.45 bits per heavy atom. The molecule has 0 atom stereocenters. The van der Waals surface area contributed by atoms with Crippen LogP contribution in [0.2, 0.25) is 0 Å². The van der Waals surface area contributed by atoms with Crippen molar-refractivity contribution >= 4 is 28.7 Å². The maximum Gasteiger partial charge on any atom is 0.175 e. The lowest BCUT2D eigenvalue weighted by atomic mass is 10.1. The van der Waals surface area contributed by atoms with Crippen molar-refractivity contribution in [1.29, 1.82) is 0 Å². The second kappa shape index (κ2) is 7.90. The van der Waals surface area contributed by atoms with Crippen molar-refractivity contribution in [2.24, 2.45) is 0 Å². The van der Waals surface area contributed by atoms with Crippen molar-refractivity contribution in [2.45, 2.75) is 33.1 Å². The van der Waals surface area contributed by atoms with Crippen LogP contribution in [-0.4, -0.2) is 5.11 Å². The summed E-state index contributed by atoms with van der Waals surface area (Å²) in [6.07, 6.45) is 3.51. The van der Waals surface area contributed by atoms with E-state index in [1.807, 2.05) is 19.1 Å². The van der Waals surface area contributed by atoms with Crippen molar-refractivity contribution in [3.05, 3.63) is 59.4 Å². The van der Waals surface area contributed by atoms with Crippen molar-refractivity contribution in [2.75, 3.05) is 10.6 Å². The summed E-state index contributed by atoms with van der Waals surface area (Å²) >= 11 is 5.30. The van der Waals surface area contributed by atoms with Gasteiger partial charge in [-0.1, -0.05) is 25.5 Å². The summed E-state index contributed by atoms with van der Waals surface area (Å²) in [6, 6.07) is 12.9. The molecule has 0 radical (unpaired) electrons. The number of rotatable bonds is 5. The molecule has 0 fully saturated rings. The standard InChI is InChI=1S/C18H21FN2S/c1-3-4-5-14-6-9-16(10-7-14)20-18(22)21-17-11-8-15(19)12-13(17)2/h6-12H,3-5H2,1-2H3,(H2,20,21,22). The van der Waals surface area contributed by atoms with Gasteiger partial charge in [0, 0.05) is 11.4 Å². The quantitative estimate of drug-likeness (QED) is 0.733. The minimum atomic E-state index is -0.246. The molecule has 0 saturated heterocycles. The summed E-state index contributed by atoms with van der Waals surface area (Å²) in [5.41, 5.74) is 3.90. The fraction of sp³-hybridized carbons (Fsp3) is 0.278. The number of hydrogen-bond donors (Lipinski definition) is 2. The molecule has 0 spiro atoms. The number of hydrogen-bond acceptors (Lipinski definition) is 1. The van der Waals surface area contributed by atoms with Crippen LogP contribution in [0.1, 0.15) is 30.9 Å². The van der Waals surface area contributed by atoms with E-state index in [2.05, 4.69) is 29.7 Å². The SMILES string of the molecule is CCCCc1ccc(NC(=S)Nc2ccc(F)cc2C)cc1. The van der Waals surface area contributed by atoms with Gasteiger partial charge >= 0.3 is 0 Å². The third-order valence-electron chi connectivity index (χ3n) is 3.47. The van der Waals surface area contributed by atoms with Crippen LogP contribution >= 0.6 is 12.2 Å². The van der Waals surface area contributed by atoms with Gasteiger partial charge in [-0.15, -0.1) is 0 Å². The summed E-state index contributed by atoms with van der Waals surface area (Å²) in [7, 11) is 0. The summed E-state index contributed by atoms with van der Waals surface area (Å²) in [5.74, 6) is -0.246. The van der Waals surface area contributed by atoms with Crippen molar-refractivity contribution < 1.29 is 4.39 Å². The highest BCUT2D eigenvalue weighted by atomic mass is 32.1. The first kappa shape index (κ1) is 16.4. The number of nitrogens with one attached hydrogen (secondary N) is 2. The van der Waals surface area contributed by atoms with E-state index in [4.69, 9.17) is 12.2 Å². The molecular weight excluding hydrogens is 295 g/mol. The van der Waals surface area contributed by atoms with Crippen LogP contribution in [0.5, 0.6) is 0 Å². The third-order valence-corrected chi connectivity index (χ3v) is 3.67. The lowest BCUT2D eigenvalue weighted by Gasteiger charge is -2.13. The molecule has 22 heavy (non-hydrogen) atoms. The van der Waals surface area contributed by atoms with Gasteiger partial charge in [0.1, 0.15) is 5.82 Å². The van der Waals surface area contributed by atoms with Gasteiger partial charge < -0.3 is 10.6 Å². The summed E-state index contributed by atoms with van der Waals surface area (Å²) in [6.45, 7) is 4.04. The minimum Gasteiger partial charge on any atom is -0.332 e. The lowest BCUT2D eigenvalue weighted by molar-refractivity contribution is 0.627. The van der Waals surface area contributed by atoms with E-state index in [0.717, 1.165) is 23.4 Å². The molecule has 0 heterocycles. The lowest BCUT2D eigenvalue weighted by Crippen LogP contribution is -2.19. The molecule has 0 aliphatic heterocycles. The van der Waals surface area contributed by atoms with Crippen LogP contribution in [0.25, 0.3) is 0 Å². The average Bonchev–Trinajstić information content (AvgIpc) is 2.49. The van der Waals surface area contributed by atoms with Gasteiger partial charge in [-0.3, -0.25) is 0 Å². The van der Waals surface area contributed by atoms with Crippen LogP contribution in [0.4, 0.5) is 15.8 Å². The average molecular weight is 316 g/mol. The smallest absolute Gasteiger partial charge is 0.175 e. The molecule has 0 aliphatic rings. The Kier molecular flexibility index (Phi) is 5.90. The Balaban J connectivity index is 1.94. The number of halogens is 1. The number of benzene rings is 2. The minimum absolute atomic E-state index is 0.246. The van der Waals surface area contributed by atoms with Crippen molar-refractivity contribution in [1.82, 2.24) is 0 Å². The van der Waals surface area contributed by atoms with Gasteiger partial charge in [0.15, 0.2) is 5.11 Å². The van der Waals surface area contributed by atoms with E-state index < -0.39 is 0 Å². The van der Waals surface area contributed by atoms with E-state index in [-0.39, 0.29) is 5.82 Å². The van der Waals surface area contributed by atoms with Crippen molar-refractivity contribution in [3.63, 3.8) is 0 Å². The highest BCUT2D eigenvalue weighted by Crippen LogP contribution is 2.17. The Bertz CT molecular complexity index is 638. The third kappa shape index (κ3) is 4.81. The van der Waals surface area contributed by atoms with Gasteiger partial charge in [-0.2, -0.15) is 0 Å². The number of thiocarbonyl (C=S) groups is 1. The zero-order valence-corrected chi connectivity index (χ0v) is 13.8. The van der Waals surface area contributed by atoms with Gasteiger partial charge in [0.25, 0.3) is 0 Å². The van der Waals surface area contributed by atoms with Crippen LogP contribution < -0.4 is 10.6 Å². The second-order valence-corrected chi connectivity index (χ2v) is 5.75. The highest BCUT2D eigenvalue weighted by Gasteiger charge is 2.03. The predicted molar refractivity (Wildman–Crippen MR) is 96.0 cm³/mol. The van der Waals surface area contributed by atoms with E-state index in [9.17, 15) is 4.39 Å². The molecule has 2 aromatic carbocycles. The molecule has 0 amide bonds. The molecule has 2 aromatic rings. The molecule has 2 rings (SSSR count). The predicted octanol–water partition coefficient (Wildman–Crippen LogP) is 5.29. The van der Waals surface area contributed by atoms with Crippen LogP contribution in [0.3, 0.4) is 0 Å². The summed E-state index contributed by atoms with van der Waals surface area (Å²) in [5, 5.41) is 6.73. The number of aryl methyl sites for hydroxylation is 2. The Hall–Kier alpha value is -1.94. The summed E-state index contributed by atoms with van der Waals surface area (Å²) < 4.78 is 13.1.